The first kappa shape index (κ1) is 29.5. The highest BCUT2D eigenvalue weighted by atomic mass is 16.4. The Hall–Kier alpha value is -3.65. The fourth-order valence-electron chi connectivity index (χ4n) is 11.4. The maximum Gasteiger partial charge on any atom is 0.306 e. The summed E-state index contributed by atoms with van der Waals surface area (Å²) in [6.07, 6.45) is 13.9. The van der Waals surface area contributed by atoms with Gasteiger partial charge in [-0.1, -0.05) is 36.4 Å². The van der Waals surface area contributed by atoms with E-state index in [2.05, 4.69) is 51.0 Å². The molecule has 0 aromatic heterocycles. The Bertz CT molecular complexity index is 1610. The summed E-state index contributed by atoms with van der Waals surface area (Å²) >= 11 is 0. The normalized spacial score (nSPS) is 36.6. The van der Waals surface area contributed by atoms with E-state index in [0.717, 1.165) is 54.7 Å². The number of hydrazine groups is 1. The van der Waals surface area contributed by atoms with Crippen LogP contribution in [0.3, 0.4) is 0 Å². The number of allylic oxidation sites excluding steroid dienone is 1. The highest BCUT2D eigenvalue weighted by Crippen LogP contribution is 2.65. The molecule has 4 atom stereocenters. The van der Waals surface area contributed by atoms with Crippen LogP contribution >= 0.6 is 0 Å². The van der Waals surface area contributed by atoms with E-state index in [4.69, 9.17) is 5.73 Å². The number of nitrogens with two attached hydrogens (primary N) is 1. The summed E-state index contributed by atoms with van der Waals surface area (Å²) in [6, 6.07) is 18.0. The van der Waals surface area contributed by atoms with Crippen molar-refractivity contribution in [2.24, 2.45) is 34.8 Å². The van der Waals surface area contributed by atoms with E-state index in [-0.39, 0.29) is 11.7 Å². The van der Waals surface area contributed by atoms with Crippen molar-refractivity contribution in [3.8, 4) is 5.75 Å². The van der Waals surface area contributed by atoms with Crippen LogP contribution < -0.4 is 16.6 Å². The standard InChI is InChI=1S/C39H49N5O3/c40-36-34(16-33(41-42-36)31-3-1-2-4-35(31)45)44-12-9-24-15-32-28(23-44)20-39(32,17-24)29-7-5-25(6-8-29)26-10-13-43(14-11-26)30-21-38(22-30)18-27(19-38)37(46)47/h1-8,16,24,26-28,30,32,41-42,45H,9-15,17-23,40H2,(H,46,47). The van der Waals surface area contributed by atoms with Crippen LogP contribution in [0.5, 0.6) is 5.75 Å². The quantitative estimate of drug-likeness (QED) is 0.284. The first-order chi connectivity index (χ1) is 22.8. The maximum atomic E-state index is 11.3. The third-order valence-corrected chi connectivity index (χ3v) is 13.9. The summed E-state index contributed by atoms with van der Waals surface area (Å²) in [5, 5.41) is 19.7. The zero-order valence-electron chi connectivity index (χ0n) is 27.3. The summed E-state index contributed by atoms with van der Waals surface area (Å²) in [4.78, 5) is 16.5. The number of carboxylic acids is 1. The van der Waals surface area contributed by atoms with Crippen molar-refractivity contribution in [3.63, 3.8) is 0 Å². The van der Waals surface area contributed by atoms with Crippen molar-refractivity contribution in [3.05, 3.63) is 82.8 Å². The van der Waals surface area contributed by atoms with Gasteiger partial charge in [0, 0.05) is 24.7 Å². The van der Waals surface area contributed by atoms with Gasteiger partial charge in [0.1, 0.15) is 11.6 Å². The number of aliphatic carboxylic acids is 1. The molecule has 2 saturated heterocycles. The Labute approximate surface area is 278 Å². The fraction of sp³-hybridized carbons (Fsp3) is 0.564. The van der Waals surface area contributed by atoms with Crippen molar-refractivity contribution >= 4 is 11.7 Å². The molecule has 8 nitrogen and oxygen atoms in total. The van der Waals surface area contributed by atoms with Gasteiger partial charge >= 0.3 is 5.97 Å². The van der Waals surface area contributed by atoms with Crippen LogP contribution in [0.15, 0.2) is 66.1 Å². The first-order valence-electron chi connectivity index (χ1n) is 18.1. The molecule has 4 unspecified atom stereocenters. The molecule has 7 aliphatic rings. The summed E-state index contributed by atoms with van der Waals surface area (Å²) < 4.78 is 0. The molecule has 248 valence electrons. The lowest BCUT2D eigenvalue weighted by atomic mass is 9.49. The number of rotatable bonds is 6. The second kappa shape index (κ2) is 10.9. The van der Waals surface area contributed by atoms with Crippen LogP contribution in [-0.2, 0) is 10.2 Å². The molecule has 1 spiro atoms. The predicted molar refractivity (Wildman–Crippen MR) is 182 cm³/mol. The number of nitrogens with zero attached hydrogens (tertiary/aromatic N) is 2. The van der Waals surface area contributed by atoms with Gasteiger partial charge in [0.05, 0.1) is 17.3 Å². The summed E-state index contributed by atoms with van der Waals surface area (Å²) in [5.74, 6) is 3.02. The fourth-order valence-corrected chi connectivity index (χ4v) is 11.4. The van der Waals surface area contributed by atoms with Gasteiger partial charge in [-0.2, -0.15) is 0 Å². The van der Waals surface area contributed by atoms with Crippen molar-refractivity contribution in [1.82, 2.24) is 20.7 Å². The van der Waals surface area contributed by atoms with Gasteiger partial charge in [-0.25, -0.2) is 0 Å². The number of likely N-dealkylation sites (tertiary alicyclic amines) is 2. The highest BCUT2D eigenvalue weighted by Gasteiger charge is 2.60. The Balaban J connectivity index is 0.833. The molecule has 6 fully saturated rings. The first-order valence-corrected chi connectivity index (χ1v) is 18.1. The van der Waals surface area contributed by atoms with Crippen molar-refractivity contribution in [2.75, 3.05) is 26.2 Å². The van der Waals surface area contributed by atoms with E-state index < -0.39 is 5.97 Å². The predicted octanol–water partition coefficient (Wildman–Crippen LogP) is 5.48. The van der Waals surface area contributed by atoms with Crippen molar-refractivity contribution in [1.29, 1.82) is 0 Å². The van der Waals surface area contributed by atoms with Gasteiger partial charge in [-0.05, 0) is 141 Å². The Morgan fingerprint density at radius 1 is 0.894 bits per heavy atom. The van der Waals surface area contributed by atoms with E-state index in [9.17, 15) is 15.0 Å². The van der Waals surface area contributed by atoms with Gasteiger partial charge < -0.3 is 25.7 Å². The summed E-state index contributed by atoms with van der Waals surface area (Å²) in [5.41, 5.74) is 19.3. The zero-order chi connectivity index (χ0) is 31.9. The zero-order valence-corrected chi connectivity index (χ0v) is 27.3. The molecule has 2 aromatic rings. The molecule has 47 heavy (non-hydrogen) atoms. The molecule has 3 heterocycles. The summed E-state index contributed by atoms with van der Waals surface area (Å²) in [6.45, 7) is 4.39. The molecule has 4 saturated carbocycles. The number of fused-ring (bicyclic) bond motifs is 1. The summed E-state index contributed by atoms with van der Waals surface area (Å²) in [7, 11) is 0. The Kier molecular flexibility index (Phi) is 6.86. The van der Waals surface area contributed by atoms with Crippen LogP contribution in [0.4, 0.5) is 0 Å². The average Bonchev–Trinajstić information content (AvgIpc) is 3.39. The topological polar surface area (TPSA) is 114 Å². The number of carbonyl (C=O) groups is 1. The molecule has 6 N–H and O–H groups in total. The number of piperidine rings is 1. The Morgan fingerprint density at radius 3 is 2.40 bits per heavy atom. The maximum absolute atomic E-state index is 11.3. The minimum Gasteiger partial charge on any atom is -0.507 e. The van der Waals surface area contributed by atoms with E-state index in [0.29, 0.717) is 34.5 Å². The number of carboxylic acid groups (broad SMARTS) is 1. The number of hydrogen-bond acceptors (Lipinski definition) is 7. The van der Waals surface area contributed by atoms with E-state index in [1.165, 1.54) is 70.0 Å². The van der Waals surface area contributed by atoms with Crippen LogP contribution in [-0.4, -0.2) is 58.2 Å². The number of aromatic hydroxyl groups is 1. The van der Waals surface area contributed by atoms with Crippen molar-refractivity contribution in [2.45, 2.75) is 81.6 Å². The lowest BCUT2D eigenvalue weighted by molar-refractivity contribution is -0.160. The van der Waals surface area contributed by atoms with Crippen LogP contribution in [0.2, 0.25) is 0 Å². The number of para-hydroxylation sites is 1. The SMILES string of the molecule is NC1=C(N2CCC3CC4C(C2)CC4(c2ccc(C4CCN(C5CC6(CC(C(=O)O)C6)C5)CC4)cc2)C3)C=C(c2ccccc2O)NN1. The second-order valence-corrected chi connectivity index (χ2v) is 16.3. The molecular weight excluding hydrogens is 586 g/mol. The lowest BCUT2D eigenvalue weighted by Gasteiger charge is -2.59. The molecule has 2 bridgehead atoms. The minimum absolute atomic E-state index is 0.0839. The third kappa shape index (κ3) is 4.84. The molecule has 0 radical (unpaired) electrons. The van der Waals surface area contributed by atoms with Crippen LogP contribution in [0, 0.1) is 29.1 Å². The smallest absolute Gasteiger partial charge is 0.306 e. The number of phenols is 1. The van der Waals surface area contributed by atoms with Gasteiger partial charge in [0.2, 0.25) is 0 Å². The lowest BCUT2D eigenvalue weighted by Crippen LogP contribution is -2.58. The largest absolute Gasteiger partial charge is 0.507 e. The van der Waals surface area contributed by atoms with Crippen LogP contribution in [0.1, 0.15) is 86.8 Å². The average molecular weight is 636 g/mol. The van der Waals surface area contributed by atoms with E-state index in [1.54, 1.807) is 11.6 Å². The van der Waals surface area contributed by atoms with Gasteiger partial charge in [0.25, 0.3) is 0 Å². The number of phenolic OH excluding ortho intramolecular Hbond substituents is 1. The molecular formula is C39H49N5O3. The number of nitrogens with one attached hydrogen (secondary N) is 2. The van der Waals surface area contributed by atoms with Crippen LogP contribution in [0.25, 0.3) is 5.70 Å². The minimum atomic E-state index is -0.594. The highest BCUT2D eigenvalue weighted by molar-refractivity contribution is 5.72. The van der Waals surface area contributed by atoms with Gasteiger partial charge in [0.15, 0.2) is 0 Å². The Morgan fingerprint density at radius 2 is 1.66 bits per heavy atom. The van der Waals surface area contributed by atoms with E-state index >= 15 is 0 Å². The monoisotopic (exact) mass is 635 g/mol. The molecule has 0 amide bonds. The number of hydrogen-bond donors (Lipinski definition) is 5. The van der Waals surface area contributed by atoms with Gasteiger partial charge in [-0.3, -0.25) is 15.6 Å². The van der Waals surface area contributed by atoms with E-state index in [1.807, 2.05) is 18.2 Å². The number of benzene rings is 2. The molecule has 4 aliphatic carbocycles. The molecule has 3 aliphatic heterocycles. The molecule has 8 heteroatoms. The molecule has 2 aromatic carbocycles. The van der Waals surface area contributed by atoms with Crippen molar-refractivity contribution < 1.29 is 15.0 Å². The molecule has 9 rings (SSSR count). The third-order valence-electron chi connectivity index (χ3n) is 13.9. The second-order valence-electron chi connectivity index (χ2n) is 16.3. The van der Waals surface area contributed by atoms with Gasteiger partial charge in [-0.15, -0.1) is 0 Å².